The van der Waals surface area contributed by atoms with Crippen LogP contribution in [0.15, 0.2) is 23.1 Å². The van der Waals surface area contributed by atoms with Crippen molar-refractivity contribution < 1.29 is 17.9 Å². The van der Waals surface area contributed by atoms with Crippen molar-refractivity contribution in [3.05, 3.63) is 35.2 Å². The fourth-order valence-electron chi connectivity index (χ4n) is 4.21. The maximum atomic E-state index is 13.3. The molecular weight excluding hydrogens is 430 g/mol. The van der Waals surface area contributed by atoms with Crippen LogP contribution in [0.3, 0.4) is 0 Å². The summed E-state index contributed by atoms with van der Waals surface area (Å²) in [6, 6.07) is 5.49. The summed E-state index contributed by atoms with van der Waals surface area (Å²) in [5.41, 5.74) is 1.50. The second kappa shape index (κ2) is 9.21. The number of hydrogen-bond acceptors (Lipinski definition) is 8. The largest absolute Gasteiger partial charge is 0.496 e. The van der Waals surface area contributed by atoms with Crippen molar-refractivity contribution in [2.75, 3.05) is 69.4 Å². The number of methoxy groups -OCH3 is 1. The lowest BCUT2D eigenvalue weighted by Crippen LogP contribution is -2.49. The maximum absolute atomic E-state index is 13.3. The molecule has 2 saturated heterocycles. The summed E-state index contributed by atoms with van der Waals surface area (Å²) >= 11 is 0. The number of nitrogens with zero attached hydrogens (tertiary/aromatic N) is 5. The zero-order chi connectivity index (χ0) is 22.9. The van der Waals surface area contributed by atoms with Crippen LogP contribution in [-0.4, -0.2) is 82.3 Å². The van der Waals surface area contributed by atoms with Crippen LogP contribution in [0.5, 0.6) is 5.75 Å². The third-order valence-corrected chi connectivity index (χ3v) is 8.06. The summed E-state index contributed by atoms with van der Waals surface area (Å²) in [5, 5.41) is 0. The summed E-state index contributed by atoms with van der Waals surface area (Å²) in [6.07, 6.45) is 0. The van der Waals surface area contributed by atoms with E-state index in [0.717, 1.165) is 30.3 Å². The molecule has 4 rings (SSSR count). The lowest BCUT2D eigenvalue weighted by atomic mass is 10.1. The van der Waals surface area contributed by atoms with Crippen LogP contribution < -0.4 is 14.5 Å². The Balaban J connectivity index is 1.50. The molecule has 1 aromatic heterocycles. The van der Waals surface area contributed by atoms with Crippen LogP contribution in [0.2, 0.25) is 0 Å². The van der Waals surface area contributed by atoms with Crippen LogP contribution in [0.4, 0.5) is 11.6 Å². The molecule has 2 aliphatic rings. The van der Waals surface area contributed by atoms with Crippen LogP contribution >= 0.6 is 0 Å². The number of aryl methyl sites for hydroxylation is 3. The van der Waals surface area contributed by atoms with Crippen LogP contribution in [0.1, 0.15) is 17.0 Å². The van der Waals surface area contributed by atoms with E-state index in [1.165, 1.54) is 0 Å². The van der Waals surface area contributed by atoms with Gasteiger partial charge in [-0.15, -0.1) is 0 Å². The second-order valence-corrected chi connectivity index (χ2v) is 10.1. The van der Waals surface area contributed by atoms with E-state index in [4.69, 9.17) is 9.47 Å². The first kappa shape index (κ1) is 22.8. The van der Waals surface area contributed by atoms with Crippen molar-refractivity contribution in [2.24, 2.45) is 0 Å². The van der Waals surface area contributed by atoms with Gasteiger partial charge in [-0.3, -0.25) is 0 Å². The molecule has 0 radical (unpaired) electrons. The van der Waals surface area contributed by atoms with E-state index in [2.05, 4.69) is 19.8 Å². The van der Waals surface area contributed by atoms with E-state index in [9.17, 15) is 8.42 Å². The average molecular weight is 462 g/mol. The minimum Gasteiger partial charge on any atom is -0.496 e. The van der Waals surface area contributed by atoms with Gasteiger partial charge in [0.1, 0.15) is 23.2 Å². The lowest BCUT2D eigenvalue weighted by molar-refractivity contribution is 0.122. The topological polar surface area (TPSA) is 88.1 Å². The fraction of sp³-hybridized carbons (Fsp3) is 0.545. The van der Waals surface area contributed by atoms with Gasteiger partial charge < -0.3 is 19.3 Å². The van der Waals surface area contributed by atoms with E-state index in [0.29, 0.717) is 61.4 Å². The van der Waals surface area contributed by atoms with Crippen molar-refractivity contribution in [3.63, 3.8) is 0 Å². The molecule has 0 aliphatic carbocycles. The highest BCUT2D eigenvalue weighted by Gasteiger charge is 2.31. The number of piperazine rings is 1. The smallest absolute Gasteiger partial charge is 0.243 e. The quantitative estimate of drug-likeness (QED) is 0.666. The first-order valence-corrected chi connectivity index (χ1v) is 12.3. The Hall–Kier alpha value is -2.43. The molecule has 0 atom stereocenters. The van der Waals surface area contributed by atoms with Gasteiger partial charge in [-0.05, 0) is 44.0 Å². The number of morpholine rings is 1. The zero-order valence-electron chi connectivity index (χ0n) is 19.2. The third-order valence-electron chi connectivity index (χ3n) is 6.02. The van der Waals surface area contributed by atoms with E-state index < -0.39 is 10.0 Å². The number of ether oxygens (including phenoxy) is 2. The molecule has 0 bridgehead atoms. The first-order valence-electron chi connectivity index (χ1n) is 10.9. The highest BCUT2D eigenvalue weighted by Crippen LogP contribution is 2.29. The fourth-order valence-corrected chi connectivity index (χ4v) is 5.92. The Labute approximate surface area is 190 Å². The molecule has 3 heterocycles. The Morgan fingerprint density at radius 3 is 2.03 bits per heavy atom. The van der Waals surface area contributed by atoms with Gasteiger partial charge in [0.05, 0.1) is 25.2 Å². The van der Waals surface area contributed by atoms with Gasteiger partial charge >= 0.3 is 0 Å². The highest BCUT2D eigenvalue weighted by atomic mass is 32.2. The molecule has 0 unspecified atom stereocenters. The Kier molecular flexibility index (Phi) is 6.55. The molecule has 2 fully saturated rings. The number of hydrogen-bond donors (Lipinski definition) is 0. The Morgan fingerprint density at radius 1 is 0.844 bits per heavy atom. The molecule has 0 spiro atoms. The molecule has 10 heteroatoms. The number of benzene rings is 1. The first-order chi connectivity index (χ1) is 15.3. The number of rotatable bonds is 5. The van der Waals surface area contributed by atoms with Crippen molar-refractivity contribution in [1.82, 2.24) is 14.3 Å². The normalized spacial score (nSPS) is 18.1. The molecule has 32 heavy (non-hydrogen) atoms. The molecule has 2 aromatic rings. The SMILES string of the molecule is COc1cc(C)c(S(=O)(=O)N2CCN(c3cc(N4CCOCC4)nc(C)n3)CC2)cc1C. The highest BCUT2D eigenvalue weighted by molar-refractivity contribution is 7.89. The van der Waals surface area contributed by atoms with Gasteiger partial charge in [0.2, 0.25) is 10.0 Å². The van der Waals surface area contributed by atoms with Gasteiger partial charge in [-0.2, -0.15) is 4.31 Å². The van der Waals surface area contributed by atoms with Gasteiger partial charge in [0.15, 0.2) is 0 Å². The molecule has 0 N–H and O–H groups in total. The second-order valence-electron chi connectivity index (χ2n) is 8.21. The molecule has 174 valence electrons. The molecular formula is C22H31N5O4S. The van der Waals surface area contributed by atoms with Gasteiger partial charge in [0.25, 0.3) is 0 Å². The van der Waals surface area contributed by atoms with E-state index in [1.807, 2.05) is 26.8 Å². The van der Waals surface area contributed by atoms with E-state index in [1.54, 1.807) is 23.5 Å². The standard InChI is InChI=1S/C22H31N5O4S/c1-16-14-20(17(2)13-19(16)30-4)32(28,29)27-7-5-25(6-8-27)21-15-22(24-18(3)23-21)26-9-11-31-12-10-26/h13-15H,5-12H2,1-4H3. The van der Waals surface area contributed by atoms with E-state index >= 15 is 0 Å². The van der Waals surface area contributed by atoms with Crippen LogP contribution in [0, 0.1) is 20.8 Å². The van der Waals surface area contributed by atoms with E-state index in [-0.39, 0.29) is 0 Å². The summed E-state index contributed by atoms with van der Waals surface area (Å²) in [6.45, 7) is 10.5. The minimum absolute atomic E-state index is 0.344. The summed E-state index contributed by atoms with van der Waals surface area (Å²) in [5.74, 6) is 3.15. The predicted octanol–water partition coefficient (Wildman–Crippen LogP) is 1.76. The monoisotopic (exact) mass is 461 g/mol. The molecule has 0 saturated carbocycles. The van der Waals surface area contributed by atoms with Crippen molar-refractivity contribution in [2.45, 2.75) is 25.7 Å². The molecule has 2 aliphatic heterocycles. The summed E-state index contributed by atoms with van der Waals surface area (Å²) in [4.78, 5) is 13.9. The lowest BCUT2D eigenvalue weighted by Gasteiger charge is -2.35. The predicted molar refractivity (Wildman–Crippen MR) is 123 cm³/mol. The Bertz CT molecular complexity index is 1080. The maximum Gasteiger partial charge on any atom is 0.243 e. The zero-order valence-corrected chi connectivity index (χ0v) is 20.0. The van der Waals surface area contributed by atoms with Crippen LogP contribution in [-0.2, 0) is 14.8 Å². The molecule has 9 nitrogen and oxygen atoms in total. The minimum atomic E-state index is -3.58. The Morgan fingerprint density at radius 2 is 1.44 bits per heavy atom. The van der Waals surface area contributed by atoms with Crippen LogP contribution in [0.25, 0.3) is 0 Å². The molecule has 0 amide bonds. The molecule has 1 aromatic carbocycles. The number of aromatic nitrogens is 2. The van der Waals surface area contributed by atoms with Gasteiger partial charge in [-0.1, -0.05) is 0 Å². The van der Waals surface area contributed by atoms with Crippen molar-refractivity contribution >= 4 is 21.7 Å². The summed E-state index contributed by atoms with van der Waals surface area (Å²) < 4.78 is 39.0. The number of sulfonamides is 1. The third kappa shape index (κ3) is 4.53. The van der Waals surface area contributed by atoms with Gasteiger partial charge in [0, 0.05) is 45.3 Å². The number of anilines is 2. The average Bonchev–Trinajstić information content (AvgIpc) is 2.80. The van der Waals surface area contributed by atoms with Gasteiger partial charge in [-0.25, -0.2) is 18.4 Å². The van der Waals surface area contributed by atoms with Crippen molar-refractivity contribution in [3.8, 4) is 5.75 Å². The summed E-state index contributed by atoms with van der Waals surface area (Å²) in [7, 11) is -1.99. The van der Waals surface area contributed by atoms with Crippen molar-refractivity contribution in [1.29, 1.82) is 0 Å².